The normalized spacial score (nSPS) is 11.8. The molecular formula is C19H23NO2. The third kappa shape index (κ3) is 4.35. The number of carbonyl (C=O) groups excluding carboxylic acids is 1. The van der Waals surface area contributed by atoms with Crippen LogP contribution in [-0.2, 0) is 11.2 Å². The van der Waals surface area contributed by atoms with Crippen molar-refractivity contribution in [1.29, 1.82) is 0 Å². The smallest absolute Gasteiger partial charge is 0.260 e. The van der Waals surface area contributed by atoms with Gasteiger partial charge in [-0.15, -0.1) is 0 Å². The second-order valence-corrected chi connectivity index (χ2v) is 5.48. The Bertz CT molecular complexity index is 623. The molecule has 1 N–H and O–H groups in total. The van der Waals surface area contributed by atoms with E-state index in [4.69, 9.17) is 4.74 Å². The summed E-state index contributed by atoms with van der Waals surface area (Å²) in [5.74, 6) is 0.683. The minimum atomic E-state index is -0.503. The summed E-state index contributed by atoms with van der Waals surface area (Å²) in [6, 6.07) is 16.0. The molecule has 0 saturated carbocycles. The first-order chi connectivity index (χ1) is 10.6. The maximum absolute atomic E-state index is 12.1. The topological polar surface area (TPSA) is 38.3 Å². The van der Waals surface area contributed by atoms with Crippen molar-refractivity contribution in [3.63, 3.8) is 0 Å². The molecule has 0 unspecified atom stereocenters. The van der Waals surface area contributed by atoms with Gasteiger partial charge >= 0.3 is 0 Å². The lowest BCUT2D eigenvalue weighted by molar-refractivity contribution is -0.127. The van der Waals surface area contributed by atoms with Crippen molar-refractivity contribution in [3.05, 3.63) is 65.2 Å². The quantitative estimate of drug-likeness (QED) is 0.887. The van der Waals surface area contributed by atoms with Crippen LogP contribution in [0.2, 0.25) is 0 Å². The molecule has 2 aromatic rings. The molecule has 0 aromatic heterocycles. The molecule has 2 aromatic carbocycles. The molecule has 0 fully saturated rings. The van der Waals surface area contributed by atoms with Gasteiger partial charge in [-0.05, 0) is 49.9 Å². The van der Waals surface area contributed by atoms with Gasteiger partial charge in [-0.1, -0.05) is 42.5 Å². The molecule has 1 amide bonds. The second kappa shape index (κ2) is 7.64. The van der Waals surface area contributed by atoms with Crippen molar-refractivity contribution < 1.29 is 9.53 Å². The molecule has 0 spiro atoms. The Labute approximate surface area is 132 Å². The first-order valence-corrected chi connectivity index (χ1v) is 7.62. The van der Waals surface area contributed by atoms with Gasteiger partial charge in [-0.25, -0.2) is 0 Å². The summed E-state index contributed by atoms with van der Waals surface area (Å²) in [6.07, 6.45) is 0.319. The van der Waals surface area contributed by atoms with Gasteiger partial charge in [0.15, 0.2) is 6.10 Å². The zero-order chi connectivity index (χ0) is 15.9. The van der Waals surface area contributed by atoms with E-state index in [0.29, 0.717) is 6.54 Å². The van der Waals surface area contributed by atoms with Crippen LogP contribution in [0.1, 0.15) is 23.6 Å². The number of ether oxygens (including phenoxy) is 1. The lowest BCUT2D eigenvalue weighted by atomic mass is 10.1. The fourth-order valence-electron chi connectivity index (χ4n) is 2.21. The highest BCUT2D eigenvalue weighted by atomic mass is 16.5. The Kier molecular flexibility index (Phi) is 5.59. The van der Waals surface area contributed by atoms with Crippen LogP contribution in [0.25, 0.3) is 0 Å². The average Bonchev–Trinajstić information content (AvgIpc) is 2.52. The first kappa shape index (κ1) is 16.1. The Hall–Kier alpha value is -2.29. The van der Waals surface area contributed by atoms with Crippen LogP contribution in [0.4, 0.5) is 0 Å². The van der Waals surface area contributed by atoms with Crippen LogP contribution in [0.3, 0.4) is 0 Å². The van der Waals surface area contributed by atoms with Crippen LogP contribution >= 0.6 is 0 Å². The first-order valence-electron chi connectivity index (χ1n) is 7.62. The average molecular weight is 297 g/mol. The zero-order valence-corrected chi connectivity index (χ0v) is 13.4. The summed E-state index contributed by atoms with van der Waals surface area (Å²) < 4.78 is 5.78. The fourth-order valence-corrected chi connectivity index (χ4v) is 2.21. The highest BCUT2D eigenvalue weighted by Crippen LogP contribution is 2.21. The van der Waals surface area contributed by atoms with Crippen molar-refractivity contribution in [2.24, 2.45) is 0 Å². The van der Waals surface area contributed by atoms with Gasteiger partial charge in [0.1, 0.15) is 5.75 Å². The van der Waals surface area contributed by atoms with E-state index in [1.165, 1.54) is 5.56 Å². The molecule has 0 saturated heterocycles. The Morgan fingerprint density at radius 2 is 1.82 bits per heavy atom. The number of rotatable bonds is 6. The summed E-state index contributed by atoms with van der Waals surface area (Å²) >= 11 is 0. The SMILES string of the molecule is Cc1cccc(O[C@H](C)C(=O)NCCc2ccccc2)c1C. The van der Waals surface area contributed by atoms with Crippen molar-refractivity contribution in [1.82, 2.24) is 5.32 Å². The van der Waals surface area contributed by atoms with Crippen molar-refractivity contribution >= 4 is 5.91 Å². The van der Waals surface area contributed by atoms with Gasteiger partial charge in [-0.3, -0.25) is 4.79 Å². The molecule has 2 rings (SSSR count). The molecule has 22 heavy (non-hydrogen) atoms. The van der Waals surface area contributed by atoms with Crippen LogP contribution in [0.5, 0.6) is 5.75 Å². The van der Waals surface area contributed by atoms with Crippen LogP contribution < -0.4 is 10.1 Å². The van der Waals surface area contributed by atoms with Crippen LogP contribution in [0.15, 0.2) is 48.5 Å². The molecule has 0 radical (unpaired) electrons. The second-order valence-electron chi connectivity index (χ2n) is 5.48. The molecule has 0 aliphatic rings. The number of amides is 1. The van der Waals surface area contributed by atoms with E-state index in [1.807, 2.05) is 50.2 Å². The summed E-state index contributed by atoms with van der Waals surface area (Å²) in [5.41, 5.74) is 3.45. The molecular weight excluding hydrogens is 274 g/mol. The molecule has 116 valence electrons. The van der Waals surface area contributed by atoms with Gasteiger partial charge < -0.3 is 10.1 Å². The van der Waals surface area contributed by atoms with E-state index >= 15 is 0 Å². The van der Waals surface area contributed by atoms with Gasteiger partial charge in [0.05, 0.1) is 0 Å². The standard InChI is InChI=1S/C19H23NO2/c1-14-8-7-11-18(15(14)2)22-16(3)19(21)20-13-12-17-9-5-4-6-10-17/h4-11,16H,12-13H2,1-3H3,(H,20,21)/t16-/m1/s1. The zero-order valence-electron chi connectivity index (χ0n) is 13.4. The number of carbonyl (C=O) groups is 1. The fraction of sp³-hybridized carbons (Fsp3) is 0.316. The summed E-state index contributed by atoms with van der Waals surface area (Å²) in [7, 11) is 0. The van der Waals surface area contributed by atoms with Gasteiger partial charge in [0.25, 0.3) is 5.91 Å². The van der Waals surface area contributed by atoms with E-state index in [9.17, 15) is 4.79 Å². The number of benzene rings is 2. The largest absolute Gasteiger partial charge is 0.481 e. The van der Waals surface area contributed by atoms with E-state index in [0.717, 1.165) is 23.3 Å². The van der Waals surface area contributed by atoms with E-state index in [-0.39, 0.29) is 5.91 Å². The Balaban J connectivity index is 1.83. The van der Waals surface area contributed by atoms with E-state index < -0.39 is 6.10 Å². The predicted molar refractivity (Wildman–Crippen MR) is 89.2 cm³/mol. The maximum atomic E-state index is 12.1. The third-order valence-corrected chi connectivity index (χ3v) is 3.78. The summed E-state index contributed by atoms with van der Waals surface area (Å²) in [5, 5.41) is 2.92. The molecule has 0 heterocycles. The number of hydrogen-bond acceptors (Lipinski definition) is 2. The van der Waals surface area contributed by atoms with E-state index in [1.54, 1.807) is 6.92 Å². The highest BCUT2D eigenvalue weighted by Gasteiger charge is 2.15. The van der Waals surface area contributed by atoms with Gasteiger partial charge in [0, 0.05) is 6.54 Å². The van der Waals surface area contributed by atoms with E-state index in [2.05, 4.69) is 17.4 Å². The molecule has 3 heteroatoms. The highest BCUT2D eigenvalue weighted by molar-refractivity contribution is 5.80. The lowest BCUT2D eigenvalue weighted by Gasteiger charge is -2.17. The lowest BCUT2D eigenvalue weighted by Crippen LogP contribution is -2.37. The Morgan fingerprint density at radius 3 is 2.55 bits per heavy atom. The molecule has 0 aliphatic carbocycles. The maximum Gasteiger partial charge on any atom is 0.260 e. The minimum absolute atomic E-state index is 0.0863. The van der Waals surface area contributed by atoms with Crippen LogP contribution in [0, 0.1) is 13.8 Å². The van der Waals surface area contributed by atoms with Crippen LogP contribution in [-0.4, -0.2) is 18.6 Å². The molecule has 0 aliphatic heterocycles. The molecule has 0 bridgehead atoms. The van der Waals surface area contributed by atoms with Crippen molar-refractivity contribution in [2.45, 2.75) is 33.3 Å². The third-order valence-electron chi connectivity index (χ3n) is 3.78. The molecule has 3 nitrogen and oxygen atoms in total. The molecule has 1 atom stereocenters. The summed E-state index contributed by atoms with van der Waals surface area (Å²) in [4.78, 5) is 12.1. The van der Waals surface area contributed by atoms with Crippen molar-refractivity contribution in [2.75, 3.05) is 6.54 Å². The van der Waals surface area contributed by atoms with Crippen molar-refractivity contribution in [3.8, 4) is 5.75 Å². The number of hydrogen-bond donors (Lipinski definition) is 1. The number of aryl methyl sites for hydroxylation is 1. The van der Waals surface area contributed by atoms with Gasteiger partial charge in [0.2, 0.25) is 0 Å². The monoisotopic (exact) mass is 297 g/mol. The summed E-state index contributed by atoms with van der Waals surface area (Å²) in [6.45, 7) is 6.43. The predicted octanol–water partition coefficient (Wildman–Crippen LogP) is 3.43. The number of nitrogens with one attached hydrogen (secondary N) is 1. The van der Waals surface area contributed by atoms with Gasteiger partial charge in [-0.2, -0.15) is 0 Å². The Morgan fingerprint density at radius 1 is 1.09 bits per heavy atom. The minimum Gasteiger partial charge on any atom is -0.481 e.